The molecule has 4 amide bonds. The van der Waals surface area contributed by atoms with Crippen LogP contribution in [0.1, 0.15) is 30.0 Å². The van der Waals surface area contributed by atoms with Crippen LogP contribution in [0.15, 0.2) is 78.9 Å². The van der Waals surface area contributed by atoms with Gasteiger partial charge in [0.2, 0.25) is 5.91 Å². The van der Waals surface area contributed by atoms with Crippen molar-refractivity contribution in [3.63, 3.8) is 0 Å². The summed E-state index contributed by atoms with van der Waals surface area (Å²) in [5.41, 5.74) is 2.70. The fraction of sp³-hybridized carbons (Fsp3) is 0.250. The number of imide groups is 1. The van der Waals surface area contributed by atoms with E-state index in [1.807, 2.05) is 78.9 Å². The Labute approximate surface area is 205 Å². The summed E-state index contributed by atoms with van der Waals surface area (Å²) >= 11 is 0. The normalized spacial score (nSPS) is 17.3. The zero-order chi connectivity index (χ0) is 24.8. The summed E-state index contributed by atoms with van der Waals surface area (Å²) in [6.07, 6.45) is 1.67. The highest BCUT2D eigenvalue weighted by Gasteiger charge is 2.47. The van der Waals surface area contributed by atoms with Crippen molar-refractivity contribution in [2.24, 2.45) is 0 Å². The first-order valence-electron chi connectivity index (χ1n) is 11.6. The number of carbonyl (C=O) groups excluding carboxylic acids is 3. The summed E-state index contributed by atoms with van der Waals surface area (Å²) in [7, 11) is 1.61. The van der Waals surface area contributed by atoms with Crippen LogP contribution in [-0.2, 0) is 22.4 Å². The summed E-state index contributed by atoms with van der Waals surface area (Å²) in [6.45, 7) is 1.35. The molecule has 3 aromatic carbocycles. The van der Waals surface area contributed by atoms with Crippen molar-refractivity contribution < 1.29 is 19.1 Å². The fourth-order valence-electron chi connectivity index (χ4n) is 4.19. The predicted molar refractivity (Wildman–Crippen MR) is 134 cm³/mol. The number of hydrogen-bond donors (Lipinski definition) is 2. The van der Waals surface area contributed by atoms with E-state index in [1.165, 1.54) is 0 Å². The monoisotopic (exact) mass is 471 g/mol. The SMILES string of the molecule is COc1ccc(CCC2(C)NC(=O)N(CC(=O)Nc3ccccc3Cc3ccccc3)C2=O)cc1. The number of para-hydroxylation sites is 1. The van der Waals surface area contributed by atoms with Crippen molar-refractivity contribution in [3.05, 3.63) is 95.6 Å². The van der Waals surface area contributed by atoms with E-state index in [0.29, 0.717) is 24.9 Å². The van der Waals surface area contributed by atoms with E-state index in [1.54, 1.807) is 14.0 Å². The molecule has 1 fully saturated rings. The van der Waals surface area contributed by atoms with Gasteiger partial charge in [-0.25, -0.2) is 4.79 Å². The van der Waals surface area contributed by atoms with Crippen molar-refractivity contribution in [1.29, 1.82) is 0 Å². The molecule has 7 heteroatoms. The van der Waals surface area contributed by atoms with Gasteiger partial charge >= 0.3 is 6.03 Å². The number of benzene rings is 3. The molecule has 2 N–H and O–H groups in total. The molecule has 1 saturated heterocycles. The average molecular weight is 472 g/mol. The summed E-state index contributed by atoms with van der Waals surface area (Å²) in [5, 5.41) is 5.64. The molecular formula is C28H29N3O4. The molecule has 1 aliphatic rings. The van der Waals surface area contributed by atoms with Gasteiger partial charge in [0.25, 0.3) is 5.91 Å². The number of hydrogen-bond acceptors (Lipinski definition) is 4. The van der Waals surface area contributed by atoms with Gasteiger partial charge in [-0.2, -0.15) is 0 Å². The minimum Gasteiger partial charge on any atom is -0.497 e. The largest absolute Gasteiger partial charge is 0.497 e. The van der Waals surface area contributed by atoms with Gasteiger partial charge in [-0.05, 0) is 61.1 Å². The van der Waals surface area contributed by atoms with Crippen LogP contribution in [0.25, 0.3) is 0 Å². The van der Waals surface area contributed by atoms with Crippen molar-refractivity contribution in [2.75, 3.05) is 19.0 Å². The van der Waals surface area contributed by atoms with Crippen molar-refractivity contribution in [2.45, 2.75) is 31.7 Å². The minimum absolute atomic E-state index is 0.345. The molecule has 0 saturated carbocycles. The molecule has 7 nitrogen and oxygen atoms in total. The van der Waals surface area contributed by atoms with E-state index in [4.69, 9.17) is 4.74 Å². The van der Waals surface area contributed by atoms with E-state index in [-0.39, 0.29) is 6.54 Å². The number of ether oxygens (including phenoxy) is 1. The predicted octanol–water partition coefficient (Wildman–Crippen LogP) is 4.17. The Balaban J connectivity index is 1.38. The maximum atomic E-state index is 13.1. The van der Waals surface area contributed by atoms with Crippen LogP contribution in [0.4, 0.5) is 10.5 Å². The maximum absolute atomic E-state index is 13.1. The second-order valence-corrected chi connectivity index (χ2v) is 8.87. The number of rotatable bonds is 9. The van der Waals surface area contributed by atoms with Crippen LogP contribution in [0, 0.1) is 0 Å². The van der Waals surface area contributed by atoms with Crippen LogP contribution in [-0.4, -0.2) is 41.9 Å². The van der Waals surface area contributed by atoms with Gasteiger partial charge in [0.1, 0.15) is 17.8 Å². The highest BCUT2D eigenvalue weighted by Crippen LogP contribution is 2.25. The summed E-state index contributed by atoms with van der Waals surface area (Å²) in [4.78, 5) is 39.5. The first kappa shape index (κ1) is 24.0. The van der Waals surface area contributed by atoms with Gasteiger partial charge in [-0.1, -0.05) is 60.7 Å². The lowest BCUT2D eigenvalue weighted by molar-refractivity contribution is -0.133. The molecule has 1 atom stereocenters. The number of methoxy groups -OCH3 is 1. The van der Waals surface area contributed by atoms with Crippen LogP contribution < -0.4 is 15.4 Å². The van der Waals surface area contributed by atoms with E-state index >= 15 is 0 Å². The van der Waals surface area contributed by atoms with Crippen molar-refractivity contribution >= 4 is 23.5 Å². The Bertz CT molecular complexity index is 1210. The lowest BCUT2D eigenvalue weighted by Crippen LogP contribution is -2.45. The average Bonchev–Trinajstić information content (AvgIpc) is 3.08. The zero-order valence-corrected chi connectivity index (χ0v) is 19.9. The van der Waals surface area contributed by atoms with E-state index in [0.717, 1.165) is 27.3 Å². The number of amides is 4. The number of urea groups is 1. The van der Waals surface area contributed by atoms with Gasteiger partial charge in [0, 0.05) is 5.69 Å². The Morgan fingerprint density at radius 1 is 0.943 bits per heavy atom. The number of anilines is 1. The summed E-state index contributed by atoms with van der Waals surface area (Å²) < 4.78 is 5.17. The lowest BCUT2D eigenvalue weighted by Gasteiger charge is -2.21. The second kappa shape index (κ2) is 10.4. The molecular weight excluding hydrogens is 442 g/mol. The number of aryl methyl sites for hydroxylation is 1. The van der Waals surface area contributed by atoms with E-state index in [9.17, 15) is 14.4 Å². The molecule has 3 aromatic rings. The lowest BCUT2D eigenvalue weighted by atomic mass is 9.93. The highest BCUT2D eigenvalue weighted by molar-refractivity contribution is 6.10. The zero-order valence-electron chi connectivity index (χ0n) is 19.9. The van der Waals surface area contributed by atoms with Crippen molar-refractivity contribution in [1.82, 2.24) is 10.2 Å². The standard InChI is InChI=1S/C28H29N3O4/c1-28(17-16-20-12-14-23(35-2)15-13-20)26(33)31(27(34)30-28)19-25(32)29-24-11-7-6-10-22(24)18-21-8-4-3-5-9-21/h3-15H,16-19H2,1-2H3,(H,29,32)(H,30,34). The van der Waals surface area contributed by atoms with Gasteiger partial charge in [0.05, 0.1) is 7.11 Å². The third-order valence-electron chi connectivity index (χ3n) is 6.25. The molecule has 0 bridgehead atoms. The topological polar surface area (TPSA) is 87.7 Å². The van der Waals surface area contributed by atoms with Crippen LogP contribution >= 0.6 is 0 Å². The Kier molecular flexibility index (Phi) is 7.15. The number of nitrogens with one attached hydrogen (secondary N) is 2. The third-order valence-corrected chi connectivity index (χ3v) is 6.25. The number of carbonyl (C=O) groups is 3. The van der Waals surface area contributed by atoms with Crippen LogP contribution in [0.3, 0.4) is 0 Å². The Morgan fingerprint density at radius 3 is 2.34 bits per heavy atom. The molecule has 0 radical (unpaired) electrons. The Morgan fingerprint density at radius 2 is 1.63 bits per heavy atom. The molecule has 1 unspecified atom stereocenters. The van der Waals surface area contributed by atoms with Crippen LogP contribution in [0.2, 0.25) is 0 Å². The first-order chi connectivity index (χ1) is 16.9. The third kappa shape index (κ3) is 5.69. The molecule has 0 aliphatic carbocycles. The minimum atomic E-state index is -1.07. The first-order valence-corrected chi connectivity index (χ1v) is 11.6. The van der Waals surface area contributed by atoms with Gasteiger partial charge in [-0.15, -0.1) is 0 Å². The molecule has 4 rings (SSSR count). The fourth-order valence-corrected chi connectivity index (χ4v) is 4.19. The van der Waals surface area contributed by atoms with E-state index in [2.05, 4.69) is 10.6 Å². The van der Waals surface area contributed by atoms with Crippen LogP contribution in [0.5, 0.6) is 5.75 Å². The molecule has 35 heavy (non-hydrogen) atoms. The highest BCUT2D eigenvalue weighted by atomic mass is 16.5. The van der Waals surface area contributed by atoms with Gasteiger partial charge in [0.15, 0.2) is 0 Å². The summed E-state index contributed by atoms with van der Waals surface area (Å²) in [6, 6.07) is 24.5. The van der Waals surface area contributed by atoms with Crippen molar-refractivity contribution in [3.8, 4) is 5.75 Å². The molecule has 180 valence electrons. The number of nitrogens with zero attached hydrogens (tertiary/aromatic N) is 1. The maximum Gasteiger partial charge on any atom is 0.325 e. The second-order valence-electron chi connectivity index (χ2n) is 8.87. The van der Waals surface area contributed by atoms with Gasteiger partial charge < -0.3 is 15.4 Å². The summed E-state index contributed by atoms with van der Waals surface area (Å²) in [5.74, 6) is -0.0649. The molecule has 0 aromatic heterocycles. The smallest absolute Gasteiger partial charge is 0.325 e. The molecule has 1 aliphatic heterocycles. The van der Waals surface area contributed by atoms with Gasteiger partial charge in [-0.3, -0.25) is 14.5 Å². The molecule has 1 heterocycles. The Hall–Kier alpha value is -4.13. The molecule has 0 spiro atoms. The van der Waals surface area contributed by atoms with E-state index < -0.39 is 23.4 Å². The quantitative estimate of drug-likeness (QED) is 0.459.